The maximum Gasteiger partial charge on any atom is 0.411 e. The number of fused-ring (bicyclic) bond motifs is 12. The molecular formula is C108H134Cl2N8O24. The number of pyridine rings is 4. The SMILES string of the molecule is COC(=O)[C@@H]1C[C@@]2(CC(Cl)c3c(c(C4CCC4)nc4ccc(OC)cc34)O2)CN1C(=O)OC(C)(C)C.COC(=O)[C@@H]1C[C@@]2(CCc3c(c(C4CCC4)nc4ccc(OC)cc34)O2)CN1C(=O)OC(C)(C)C.COC(=O)[C@@H]1C[C@]2(CC(Cl)c3c(c(C4CCC4)nc4ccc(OC)cc34)O2)CN1C(=O)OC(C)(C)C.COC(=O)[C@@H]1C[C@]2(CCc3c(c(C4CCC4)nc4ccc(OC)cc34)O2)CN1C(=O)OC(C)(C)C. The maximum atomic E-state index is 13.1. The van der Waals surface area contributed by atoms with Crippen molar-refractivity contribution in [1.82, 2.24) is 39.5 Å². The highest BCUT2D eigenvalue weighted by Gasteiger charge is 2.61. The van der Waals surface area contributed by atoms with Crippen LogP contribution < -0.4 is 37.9 Å². The lowest BCUT2D eigenvalue weighted by molar-refractivity contribution is -0.146. The van der Waals surface area contributed by atoms with E-state index in [9.17, 15) is 38.4 Å². The number of rotatable bonds is 12. The molecule has 4 aromatic carbocycles. The van der Waals surface area contributed by atoms with E-state index >= 15 is 0 Å². The quantitative estimate of drug-likeness (QED) is 0.0623. The monoisotopic (exact) mass is 2000 g/mol. The minimum absolute atomic E-state index is 0.171. The Morgan fingerprint density at radius 1 is 0.324 bits per heavy atom. The van der Waals surface area contributed by atoms with Crippen molar-refractivity contribution in [3.05, 3.63) is 118 Å². The number of benzene rings is 4. The van der Waals surface area contributed by atoms with E-state index < -0.39 is 128 Å². The molecule has 0 N–H and O–H groups in total. The Morgan fingerprint density at radius 3 is 0.796 bits per heavy atom. The van der Waals surface area contributed by atoms with Gasteiger partial charge in [-0.3, -0.25) is 19.6 Å². The van der Waals surface area contributed by atoms with Crippen LogP contribution in [0.1, 0.15) is 291 Å². The molecule has 0 bridgehead atoms. The van der Waals surface area contributed by atoms with E-state index in [1.54, 1.807) is 70.0 Å². The predicted molar refractivity (Wildman–Crippen MR) is 529 cm³/mol. The Balaban J connectivity index is 0.000000130. The normalized spacial score (nSPS) is 24.9. The number of carbonyl (C=O) groups excluding carboxylic acids is 8. The van der Waals surface area contributed by atoms with E-state index in [0.717, 1.165) is 200 Å². The van der Waals surface area contributed by atoms with Crippen molar-refractivity contribution in [1.29, 1.82) is 0 Å². The molecule has 4 saturated heterocycles. The Hall–Kier alpha value is -11.5. The summed E-state index contributed by atoms with van der Waals surface area (Å²) in [6.07, 6.45) is 16.0. The van der Waals surface area contributed by atoms with Gasteiger partial charge in [-0.25, -0.2) is 58.3 Å². The highest BCUT2D eigenvalue weighted by Crippen LogP contribution is 2.59. The highest BCUT2D eigenvalue weighted by molar-refractivity contribution is 6.23. The van der Waals surface area contributed by atoms with Gasteiger partial charge in [0.15, 0.2) is 0 Å². The molecule has 142 heavy (non-hydrogen) atoms. The summed E-state index contributed by atoms with van der Waals surface area (Å²) in [4.78, 5) is 129. The number of alkyl halides is 2. The fraction of sp³-hybridized carbons (Fsp3) is 0.593. The number of aryl methyl sites for hydroxylation is 2. The number of likely N-dealkylation sites (tertiary alicyclic amines) is 4. The van der Waals surface area contributed by atoms with Crippen LogP contribution in [0.25, 0.3) is 43.6 Å². The molecule has 4 saturated carbocycles. The molecule has 34 heteroatoms. The zero-order valence-electron chi connectivity index (χ0n) is 85.2. The Kier molecular flexibility index (Phi) is 28.4. The van der Waals surface area contributed by atoms with Gasteiger partial charge in [0.05, 0.1) is 139 Å². The minimum atomic E-state index is -0.859. The van der Waals surface area contributed by atoms with Gasteiger partial charge < -0.3 is 75.8 Å². The lowest BCUT2D eigenvalue weighted by Gasteiger charge is -2.40. The number of amides is 4. The van der Waals surface area contributed by atoms with Crippen molar-refractivity contribution >= 4 is 115 Å². The van der Waals surface area contributed by atoms with Crippen LogP contribution in [-0.4, -0.2) is 240 Å². The Morgan fingerprint density at radius 2 is 0.556 bits per heavy atom. The Labute approximate surface area is 838 Å². The van der Waals surface area contributed by atoms with Crippen LogP contribution in [0.2, 0.25) is 0 Å². The maximum absolute atomic E-state index is 13.1. The number of carbonyl (C=O) groups is 8. The third-order valence-electron chi connectivity index (χ3n) is 29.6. The highest BCUT2D eigenvalue weighted by atomic mass is 35.5. The number of aromatic nitrogens is 4. The molecule has 0 radical (unpaired) electrons. The zero-order chi connectivity index (χ0) is 102. The summed E-state index contributed by atoms with van der Waals surface area (Å²) in [5.74, 6) is 5.40. The van der Waals surface area contributed by atoms with Gasteiger partial charge in [0.2, 0.25) is 0 Å². The topological polar surface area (TPSA) is 349 Å². The average molecular weight is 2000 g/mol. The summed E-state index contributed by atoms with van der Waals surface area (Å²) >= 11 is 14.2. The zero-order valence-corrected chi connectivity index (χ0v) is 86.7. The van der Waals surface area contributed by atoms with E-state index in [1.807, 2.05) is 114 Å². The molecule has 8 aliphatic heterocycles. The van der Waals surface area contributed by atoms with E-state index in [4.69, 9.17) is 119 Å². The fourth-order valence-electron chi connectivity index (χ4n) is 21.9. The number of hydrogen-bond donors (Lipinski definition) is 0. The van der Waals surface area contributed by atoms with Crippen molar-refractivity contribution in [2.45, 2.75) is 328 Å². The summed E-state index contributed by atoms with van der Waals surface area (Å²) in [7, 11) is 11.9. The molecule has 32 nitrogen and oxygen atoms in total. The van der Waals surface area contributed by atoms with Crippen LogP contribution in [-0.2, 0) is 69.9 Å². The van der Waals surface area contributed by atoms with Gasteiger partial charge in [-0.2, -0.15) is 0 Å². The molecule has 4 spiro atoms. The number of ether oxygens (including phenoxy) is 16. The minimum Gasteiger partial charge on any atom is -0.497 e. The molecule has 12 heterocycles. The lowest BCUT2D eigenvalue weighted by atomic mass is 9.79. The predicted octanol–water partition coefficient (Wildman–Crippen LogP) is 20.5. The first-order valence-corrected chi connectivity index (χ1v) is 50.6. The molecule has 4 aliphatic carbocycles. The number of halogens is 2. The van der Waals surface area contributed by atoms with Gasteiger partial charge in [-0.1, -0.05) is 25.7 Å². The second-order valence-electron chi connectivity index (χ2n) is 44.0. The van der Waals surface area contributed by atoms with Crippen molar-refractivity contribution in [2.75, 3.05) is 83.1 Å². The third kappa shape index (κ3) is 20.6. The van der Waals surface area contributed by atoms with Crippen molar-refractivity contribution in [2.24, 2.45) is 0 Å². The molecule has 20 rings (SSSR count). The van der Waals surface area contributed by atoms with Crippen LogP contribution >= 0.6 is 23.2 Å². The molecule has 8 fully saturated rings. The first kappa shape index (κ1) is 102. The first-order valence-electron chi connectivity index (χ1n) is 49.7. The van der Waals surface area contributed by atoms with Crippen LogP contribution in [0.15, 0.2) is 72.8 Å². The van der Waals surface area contributed by atoms with Crippen molar-refractivity contribution < 1.29 is 114 Å². The summed E-state index contributed by atoms with van der Waals surface area (Å²) in [5.41, 5.74) is 5.59. The molecule has 4 amide bonds. The lowest BCUT2D eigenvalue weighted by Crippen LogP contribution is -2.46. The molecule has 2 unspecified atom stereocenters. The summed E-state index contributed by atoms with van der Waals surface area (Å²) < 4.78 is 91.8. The van der Waals surface area contributed by atoms with Gasteiger partial charge in [-0.15, -0.1) is 23.2 Å². The van der Waals surface area contributed by atoms with Crippen molar-refractivity contribution in [3.8, 4) is 46.0 Å². The molecule has 764 valence electrons. The number of methoxy groups -OCH3 is 8. The second kappa shape index (κ2) is 39.5. The number of hydrogen-bond acceptors (Lipinski definition) is 28. The van der Waals surface area contributed by atoms with E-state index in [-0.39, 0.29) is 39.0 Å². The summed E-state index contributed by atoms with van der Waals surface area (Å²) in [5, 5.41) is 3.05. The smallest absolute Gasteiger partial charge is 0.411 e. The van der Waals surface area contributed by atoms with Crippen LogP contribution in [0, 0.1) is 0 Å². The van der Waals surface area contributed by atoms with E-state index in [2.05, 4.69) is 0 Å². The van der Waals surface area contributed by atoms with Gasteiger partial charge in [0, 0.05) is 106 Å². The van der Waals surface area contributed by atoms with E-state index in [0.29, 0.717) is 73.7 Å². The average Bonchev–Trinajstić information content (AvgIpc) is 1.44. The number of nitrogens with zero attached hydrogens (tertiary/aromatic N) is 8. The van der Waals surface area contributed by atoms with Crippen LogP contribution in [0.5, 0.6) is 46.0 Å². The first-order chi connectivity index (χ1) is 67.3. The van der Waals surface area contributed by atoms with Gasteiger partial charge in [0.25, 0.3) is 0 Å². The molecular weight excluding hydrogens is 1860 g/mol. The van der Waals surface area contributed by atoms with E-state index in [1.165, 1.54) is 60.9 Å². The number of esters is 4. The standard InChI is InChI=1S/2C27H33ClN2O6.2C27H34N2O6/c2*1-26(2,3)36-25(32)30-14-27(13-20(30)24(31)34-5)12-18(28)21-17-11-16(33-4)9-10-19(17)29-22(23(21)35-27)15-7-6-8-15;2*1-26(2,3)35-25(31)29-15-27(14-21(29)24(30)33-5)12-11-18-19-13-17(32-4)9-10-20(19)28-22(23(18)34-27)16-7-6-8-16/h2*9-11,15,18,20H,6-8,12-14H2,1-5H3;2*9-10,13,16,21H,6-8,11-12,14-15H2,1-5H3/t18?,20-,27+;18?,20-,27-;21-,27+;21-,27-/m0000/s1. The third-order valence-corrected chi connectivity index (χ3v) is 30.4. The molecule has 4 aromatic heterocycles. The van der Waals surface area contributed by atoms with Gasteiger partial charge >= 0.3 is 48.3 Å². The second-order valence-corrected chi connectivity index (χ2v) is 45.1. The summed E-state index contributed by atoms with van der Waals surface area (Å²) in [6, 6.07) is 20.4. The van der Waals surface area contributed by atoms with Gasteiger partial charge in [-0.05, 0) is 233 Å². The van der Waals surface area contributed by atoms with Gasteiger partial charge in [0.1, 0.15) is 115 Å². The molecule has 12 aliphatic rings. The Bertz CT molecular complexity index is 5860. The fourth-order valence-corrected chi connectivity index (χ4v) is 22.9. The summed E-state index contributed by atoms with van der Waals surface area (Å²) in [6.45, 7) is 22.5. The molecule has 8 aromatic rings. The largest absolute Gasteiger partial charge is 0.497 e. The molecule has 10 atom stereocenters. The van der Waals surface area contributed by atoms with Crippen LogP contribution in [0.3, 0.4) is 0 Å². The van der Waals surface area contributed by atoms with Crippen molar-refractivity contribution in [3.63, 3.8) is 0 Å². The van der Waals surface area contributed by atoms with Crippen LogP contribution in [0.4, 0.5) is 19.2 Å².